The van der Waals surface area contributed by atoms with Crippen molar-refractivity contribution in [3.63, 3.8) is 0 Å². The number of rotatable bonds is 7. The summed E-state index contributed by atoms with van der Waals surface area (Å²) in [4.78, 5) is 1.98. The van der Waals surface area contributed by atoms with Crippen molar-refractivity contribution in [2.24, 2.45) is 0 Å². The minimum Gasteiger partial charge on any atom is -0.497 e. The molecular weight excluding hydrogens is 276 g/mol. The van der Waals surface area contributed by atoms with Gasteiger partial charge in [-0.25, -0.2) is 13.1 Å². The molecule has 0 unspecified atom stereocenters. The maximum atomic E-state index is 12.1. The van der Waals surface area contributed by atoms with Gasteiger partial charge in [-0.15, -0.1) is 0 Å². The van der Waals surface area contributed by atoms with E-state index in [-0.39, 0.29) is 11.3 Å². The van der Waals surface area contributed by atoms with Crippen LogP contribution in [0, 0.1) is 0 Å². The first-order chi connectivity index (χ1) is 9.42. The molecule has 1 aromatic carbocycles. The third kappa shape index (κ3) is 3.94. The molecule has 112 valence electrons. The first-order valence-electron chi connectivity index (χ1n) is 6.72. The van der Waals surface area contributed by atoms with Crippen LogP contribution in [-0.2, 0) is 10.0 Å². The third-order valence-electron chi connectivity index (χ3n) is 3.34. The van der Waals surface area contributed by atoms with Crippen LogP contribution >= 0.6 is 0 Å². The number of sulfonamides is 1. The molecule has 6 heteroatoms. The number of ether oxygens (including phenoxy) is 1. The Morgan fingerprint density at radius 2 is 1.90 bits per heavy atom. The number of likely N-dealkylation sites (N-methyl/N-ethyl adjacent to an activating group) is 1. The highest BCUT2D eigenvalue weighted by Crippen LogP contribution is 2.29. The van der Waals surface area contributed by atoms with Crippen molar-refractivity contribution in [2.75, 3.05) is 27.7 Å². The number of hydrogen-bond acceptors (Lipinski definition) is 4. The molecule has 1 aliphatic rings. The van der Waals surface area contributed by atoms with Gasteiger partial charge in [-0.2, -0.15) is 0 Å². The SMILES string of the molecule is COc1ccc([C@@H](CN(C)C)NS(=O)(=O)C2CC2)cc1. The van der Waals surface area contributed by atoms with E-state index >= 15 is 0 Å². The van der Waals surface area contributed by atoms with Crippen molar-refractivity contribution in [2.45, 2.75) is 24.1 Å². The maximum Gasteiger partial charge on any atom is 0.215 e. The second kappa shape index (κ2) is 6.11. The van der Waals surface area contributed by atoms with Gasteiger partial charge in [0.05, 0.1) is 18.4 Å². The minimum absolute atomic E-state index is 0.203. The van der Waals surface area contributed by atoms with Gasteiger partial charge in [-0.1, -0.05) is 12.1 Å². The van der Waals surface area contributed by atoms with Crippen LogP contribution in [0.25, 0.3) is 0 Å². The summed E-state index contributed by atoms with van der Waals surface area (Å²) >= 11 is 0. The molecule has 0 heterocycles. The molecule has 1 aliphatic carbocycles. The van der Waals surface area contributed by atoms with E-state index in [1.54, 1.807) is 7.11 Å². The molecule has 1 saturated carbocycles. The zero-order chi connectivity index (χ0) is 14.8. The van der Waals surface area contributed by atoms with Crippen LogP contribution in [0.2, 0.25) is 0 Å². The van der Waals surface area contributed by atoms with Crippen LogP contribution in [0.1, 0.15) is 24.4 Å². The zero-order valence-electron chi connectivity index (χ0n) is 12.2. The van der Waals surface area contributed by atoms with Gasteiger partial charge < -0.3 is 9.64 Å². The van der Waals surface area contributed by atoms with E-state index in [2.05, 4.69) is 4.72 Å². The zero-order valence-corrected chi connectivity index (χ0v) is 13.0. The normalized spacial score (nSPS) is 17.2. The molecule has 0 aromatic heterocycles. The fourth-order valence-electron chi connectivity index (χ4n) is 2.08. The molecule has 20 heavy (non-hydrogen) atoms. The van der Waals surface area contributed by atoms with Crippen LogP contribution in [0.5, 0.6) is 5.75 Å². The summed E-state index contributed by atoms with van der Waals surface area (Å²) < 4.78 is 32.2. The maximum absolute atomic E-state index is 12.1. The molecule has 0 spiro atoms. The van der Waals surface area contributed by atoms with E-state index < -0.39 is 10.0 Å². The summed E-state index contributed by atoms with van der Waals surface area (Å²) in [6.07, 6.45) is 1.54. The number of nitrogens with one attached hydrogen (secondary N) is 1. The second-order valence-corrected chi connectivity index (χ2v) is 7.44. The Labute approximate surface area is 121 Å². The molecule has 1 atom stereocenters. The highest BCUT2D eigenvalue weighted by atomic mass is 32.2. The fraction of sp³-hybridized carbons (Fsp3) is 0.571. The molecule has 0 bridgehead atoms. The smallest absolute Gasteiger partial charge is 0.215 e. The summed E-state index contributed by atoms with van der Waals surface area (Å²) in [5, 5.41) is -0.203. The van der Waals surface area contributed by atoms with Crippen molar-refractivity contribution in [3.05, 3.63) is 29.8 Å². The predicted molar refractivity (Wildman–Crippen MR) is 79.4 cm³/mol. The first kappa shape index (κ1) is 15.3. The summed E-state index contributed by atoms with van der Waals surface area (Å²) in [7, 11) is 2.27. The lowest BCUT2D eigenvalue weighted by molar-refractivity contribution is 0.362. The average Bonchev–Trinajstić information content (AvgIpc) is 3.22. The summed E-state index contributed by atoms with van der Waals surface area (Å²) in [6.45, 7) is 0.623. The van der Waals surface area contributed by atoms with Gasteiger partial charge in [-0.3, -0.25) is 0 Å². The molecule has 2 rings (SSSR count). The second-order valence-electron chi connectivity index (χ2n) is 5.45. The lowest BCUT2D eigenvalue weighted by Crippen LogP contribution is -2.37. The van der Waals surface area contributed by atoms with E-state index in [0.29, 0.717) is 6.54 Å². The monoisotopic (exact) mass is 298 g/mol. The average molecular weight is 298 g/mol. The Bertz CT molecular complexity index is 536. The van der Waals surface area contributed by atoms with Crippen LogP contribution in [0.4, 0.5) is 0 Å². The van der Waals surface area contributed by atoms with E-state index in [1.807, 2.05) is 43.3 Å². The molecule has 0 amide bonds. The van der Waals surface area contributed by atoms with Crippen LogP contribution in [-0.4, -0.2) is 46.3 Å². The largest absolute Gasteiger partial charge is 0.497 e. The molecular formula is C14H22N2O3S. The highest BCUT2D eigenvalue weighted by Gasteiger charge is 2.37. The molecule has 1 N–H and O–H groups in total. The third-order valence-corrected chi connectivity index (χ3v) is 5.30. The van der Waals surface area contributed by atoms with E-state index in [1.165, 1.54) is 0 Å². The van der Waals surface area contributed by atoms with Crippen LogP contribution in [0.3, 0.4) is 0 Å². The summed E-state index contributed by atoms with van der Waals surface area (Å²) in [6, 6.07) is 7.28. The fourth-order valence-corrected chi connectivity index (χ4v) is 3.64. The Morgan fingerprint density at radius 1 is 1.30 bits per heavy atom. The molecule has 0 aliphatic heterocycles. The van der Waals surface area contributed by atoms with E-state index in [0.717, 1.165) is 24.2 Å². The molecule has 1 fully saturated rings. The van der Waals surface area contributed by atoms with Gasteiger partial charge in [0.25, 0.3) is 0 Å². The predicted octanol–water partition coefficient (Wildman–Crippen LogP) is 1.38. The number of nitrogens with zero attached hydrogens (tertiary/aromatic N) is 1. The molecule has 5 nitrogen and oxygen atoms in total. The van der Waals surface area contributed by atoms with Crippen molar-refractivity contribution in [3.8, 4) is 5.75 Å². The quantitative estimate of drug-likeness (QED) is 0.826. The van der Waals surface area contributed by atoms with Crippen molar-refractivity contribution < 1.29 is 13.2 Å². The molecule has 0 saturated heterocycles. The molecule has 0 radical (unpaired) electrons. The first-order valence-corrected chi connectivity index (χ1v) is 8.27. The highest BCUT2D eigenvalue weighted by molar-refractivity contribution is 7.90. The van der Waals surface area contributed by atoms with Crippen molar-refractivity contribution in [1.29, 1.82) is 0 Å². The Morgan fingerprint density at radius 3 is 2.35 bits per heavy atom. The van der Waals surface area contributed by atoms with Crippen molar-refractivity contribution >= 4 is 10.0 Å². The summed E-state index contributed by atoms with van der Waals surface area (Å²) in [5.41, 5.74) is 0.948. The number of benzene rings is 1. The van der Waals surface area contributed by atoms with E-state index in [9.17, 15) is 8.42 Å². The van der Waals surface area contributed by atoms with Gasteiger partial charge in [-0.05, 0) is 44.6 Å². The lowest BCUT2D eigenvalue weighted by Gasteiger charge is -2.23. The lowest BCUT2D eigenvalue weighted by atomic mass is 10.1. The summed E-state index contributed by atoms with van der Waals surface area (Å²) in [5.74, 6) is 0.766. The van der Waals surface area contributed by atoms with Gasteiger partial charge in [0, 0.05) is 6.54 Å². The molecule has 1 aromatic rings. The van der Waals surface area contributed by atoms with Gasteiger partial charge >= 0.3 is 0 Å². The van der Waals surface area contributed by atoms with Crippen LogP contribution < -0.4 is 9.46 Å². The minimum atomic E-state index is -3.20. The number of methoxy groups -OCH3 is 1. The standard InChI is InChI=1S/C14H22N2O3S/c1-16(2)10-14(15-20(17,18)13-8-9-13)11-4-6-12(19-3)7-5-11/h4-7,13-15H,8-10H2,1-3H3/t14-/m1/s1. The van der Waals surface area contributed by atoms with Gasteiger partial charge in [0.2, 0.25) is 10.0 Å². The Balaban J connectivity index is 2.17. The van der Waals surface area contributed by atoms with Crippen LogP contribution in [0.15, 0.2) is 24.3 Å². The Kier molecular flexibility index (Phi) is 4.67. The van der Waals surface area contributed by atoms with E-state index in [4.69, 9.17) is 4.74 Å². The Hall–Kier alpha value is -1.11. The number of hydrogen-bond donors (Lipinski definition) is 1. The van der Waals surface area contributed by atoms with Gasteiger partial charge in [0.15, 0.2) is 0 Å². The topological polar surface area (TPSA) is 58.6 Å². The van der Waals surface area contributed by atoms with Gasteiger partial charge in [0.1, 0.15) is 5.75 Å². The van der Waals surface area contributed by atoms with Crippen molar-refractivity contribution in [1.82, 2.24) is 9.62 Å².